The summed E-state index contributed by atoms with van der Waals surface area (Å²) in [5, 5.41) is 7.38. The lowest BCUT2D eigenvalue weighted by Gasteiger charge is -2.32. The number of aromatic nitrogens is 3. The highest BCUT2D eigenvalue weighted by molar-refractivity contribution is 5.64. The number of benzene rings is 3. The number of hydrogen-bond acceptors (Lipinski definition) is 3. The lowest BCUT2D eigenvalue weighted by atomic mass is 9.72. The molecule has 0 bridgehead atoms. The van der Waals surface area contributed by atoms with Gasteiger partial charge in [0.1, 0.15) is 11.6 Å². The molecule has 34 heavy (non-hydrogen) atoms. The van der Waals surface area contributed by atoms with Gasteiger partial charge in [-0.25, -0.2) is 13.8 Å². The summed E-state index contributed by atoms with van der Waals surface area (Å²) in [5.41, 5.74) is 5.41. The molecule has 1 N–H and O–H groups in total. The Hall–Kier alpha value is -3.38. The third kappa shape index (κ3) is 4.26. The van der Waals surface area contributed by atoms with Gasteiger partial charge in [0, 0.05) is 16.5 Å². The van der Waals surface area contributed by atoms with E-state index in [4.69, 9.17) is 0 Å². The molecule has 1 aliphatic rings. The van der Waals surface area contributed by atoms with Crippen LogP contribution in [0.5, 0.6) is 0 Å². The summed E-state index contributed by atoms with van der Waals surface area (Å²) in [5.74, 6) is 0.744. The third-order valence-electron chi connectivity index (χ3n) is 6.91. The van der Waals surface area contributed by atoms with Crippen LogP contribution in [0.2, 0.25) is 0 Å². The summed E-state index contributed by atoms with van der Waals surface area (Å²) >= 11 is 0. The second-order valence-electron chi connectivity index (χ2n) is 9.38. The molecule has 6 heteroatoms. The molecule has 0 radical (unpaired) electrons. The van der Waals surface area contributed by atoms with E-state index in [2.05, 4.69) is 52.4 Å². The highest BCUT2D eigenvalue weighted by Crippen LogP contribution is 2.48. The number of halogens is 2. The highest BCUT2D eigenvalue weighted by Gasteiger charge is 2.40. The summed E-state index contributed by atoms with van der Waals surface area (Å²) in [4.78, 5) is 6.85. The van der Waals surface area contributed by atoms with Gasteiger partial charge in [0.15, 0.2) is 11.6 Å². The van der Waals surface area contributed by atoms with Gasteiger partial charge in [-0.15, -0.1) is 0 Å². The smallest absolute Gasteiger partial charge is 0.181 e. The lowest BCUT2D eigenvalue weighted by molar-refractivity contribution is 0.359. The molecular formula is C28H28F2N4. The minimum absolute atomic E-state index is 0.115. The number of H-pyrrole nitrogens is 1. The molecule has 174 valence electrons. The highest BCUT2D eigenvalue weighted by atomic mass is 19.1. The number of aromatic amines is 1. The molecule has 3 aromatic carbocycles. The van der Waals surface area contributed by atoms with Crippen LogP contribution in [0.4, 0.5) is 8.78 Å². The standard InChI is InChI=1S/C28H28F2N4/c1-34(2)17-3-15-28(22-7-11-24(30)12-8-22)16-14-20-18-21(6-13-25(20)28)27-31-26(32-33-27)19-4-9-23(29)10-5-19/h4-13,18H,3,14-17H2,1-2H3,(H,31,32,33). The van der Waals surface area contributed by atoms with Crippen molar-refractivity contribution < 1.29 is 8.78 Å². The minimum atomic E-state index is -0.280. The van der Waals surface area contributed by atoms with Crippen molar-refractivity contribution in [2.45, 2.75) is 31.1 Å². The molecular weight excluding hydrogens is 430 g/mol. The van der Waals surface area contributed by atoms with Crippen LogP contribution in [0.1, 0.15) is 36.0 Å². The van der Waals surface area contributed by atoms with E-state index in [1.165, 1.54) is 28.8 Å². The maximum Gasteiger partial charge on any atom is 0.181 e. The molecule has 0 saturated heterocycles. The van der Waals surface area contributed by atoms with Gasteiger partial charge in [-0.1, -0.05) is 24.3 Å². The fourth-order valence-corrected chi connectivity index (χ4v) is 5.19. The van der Waals surface area contributed by atoms with E-state index in [1.54, 1.807) is 24.3 Å². The van der Waals surface area contributed by atoms with Crippen molar-refractivity contribution in [1.29, 1.82) is 0 Å². The Morgan fingerprint density at radius 3 is 2.29 bits per heavy atom. The quantitative estimate of drug-likeness (QED) is 0.370. The van der Waals surface area contributed by atoms with Gasteiger partial charge in [-0.2, -0.15) is 5.10 Å². The predicted octanol–water partition coefficient (Wildman–Crippen LogP) is 5.99. The van der Waals surface area contributed by atoms with E-state index in [-0.39, 0.29) is 17.0 Å². The molecule has 0 fully saturated rings. The van der Waals surface area contributed by atoms with Crippen molar-refractivity contribution in [3.05, 3.63) is 95.1 Å². The van der Waals surface area contributed by atoms with E-state index >= 15 is 0 Å². The molecule has 4 nitrogen and oxygen atoms in total. The van der Waals surface area contributed by atoms with Crippen LogP contribution in [-0.4, -0.2) is 40.7 Å². The topological polar surface area (TPSA) is 44.8 Å². The fourth-order valence-electron chi connectivity index (χ4n) is 5.19. The Morgan fingerprint density at radius 2 is 1.59 bits per heavy atom. The molecule has 5 rings (SSSR count). The molecule has 0 spiro atoms. The van der Waals surface area contributed by atoms with Crippen LogP contribution in [0.25, 0.3) is 22.8 Å². The second kappa shape index (κ2) is 9.11. The van der Waals surface area contributed by atoms with Gasteiger partial charge >= 0.3 is 0 Å². The summed E-state index contributed by atoms with van der Waals surface area (Å²) < 4.78 is 26.9. The van der Waals surface area contributed by atoms with Crippen LogP contribution in [0.15, 0.2) is 66.7 Å². The van der Waals surface area contributed by atoms with Crippen molar-refractivity contribution in [3.63, 3.8) is 0 Å². The van der Waals surface area contributed by atoms with Crippen molar-refractivity contribution in [1.82, 2.24) is 20.1 Å². The van der Waals surface area contributed by atoms with Gasteiger partial charge in [0.25, 0.3) is 0 Å². The van der Waals surface area contributed by atoms with E-state index < -0.39 is 0 Å². The molecule has 0 amide bonds. The Balaban J connectivity index is 1.48. The molecule has 1 unspecified atom stereocenters. The van der Waals surface area contributed by atoms with Crippen LogP contribution in [-0.2, 0) is 11.8 Å². The average Bonchev–Trinajstić information content (AvgIpc) is 3.46. The summed E-state index contributed by atoms with van der Waals surface area (Å²) in [7, 11) is 4.19. The lowest BCUT2D eigenvalue weighted by Crippen LogP contribution is -2.26. The molecule has 0 saturated carbocycles. The zero-order chi connectivity index (χ0) is 23.7. The molecule has 0 aliphatic heterocycles. The molecule has 1 aromatic heterocycles. The van der Waals surface area contributed by atoms with E-state index in [9.17, 15) is 8.78 Å². The first-order valence-corrected chi connectivity index (χ1v) is 11.7. The number of aryl methyl sites for hydroxylation is 1. The summed E-state index contributed by atoms with van der Waals surface area (Å²) in [6.07, 6.45) is 4.03. The number of fused-ring (bicyclic) bond motifs is 1. The predicted molar refractivity (Wildman–Crippen MR) is 131 cm³/mol. The first kappa shape index (κ1) is 22.4. The van der Waals surface area contributed by atoms with Crippen molar-refractivity contribution in [2.24, 2.45) is 0 Å². The summed E-state index contributed by atoms with van der Waals surface area (Å²) in [6, 6.07) is 19.7. The van der Waals surface area contributed by atoms with Crippen LogP contribution < -0.4 is 0 Å². The van der Waals surface area contributed by atoms with Gasteiger partial charge in [0.2, 0.25) is 0 Å². The van der Waals surface area contributed by atoms with Crippen molar-refractivity contribution in [3.8, 4) is 22.8 Å². The van der Waals surface area contributed by atoms with Crippen molar-refractivity contribution in [2.75, 3.05) is 20.6 Å². The van der Waals surface area contributed by atoms with Gasteiger partial charge in [0.05, 0.1) is 0 Å². The Bertz CT molecular complexity index is 1280. The maximum absolute atomic E-state index is 13.7. The van der Waals surface area contributed by atoms with E-state index in [1.807, 2.05) is 12.1 Å². The number of nitrogens with one attached hydrogen (secondary N) is 1. The second-order valence-corrected chi connectivity index (χ2v) is 9.38. The molecule has 4 aromatic rings. The largest absolute Gasteiger partial charge is 0.309 e. The number of rotatable bonds is 7. The zero-order valence-corrected chi connectivity index (χ0v) is 19.5. The SMILES string of the molecule is CN(C)CCCC1(c2ccc(F)cc2)CCc2cc(-c3n[nH]c(-c4ccc(F)cc4)n3)ccc21. The first-order valence-electron chi connectivity index (χ1n) is 11.7. The fraction of sp³-hybridized carbons (Fsp3) is 0.286. The Kier molecular flexibility index (Phi) is 6.00. The van der Waals surface area contributed by atoms with E-state index in [0.717, 1.165) is 43.4 Å². The summed E-state index contributed by atoms with van der Waals surface area (Å²) in [6.45, 7) is 1.01. The normalized spacial score (nSPS) is 17.3. The Labute approximate surface area is 198 Å². The van der Waals surface area contributed by atoms with Crippen LogP contribution in [0, 0.1) is 11.6 Å². The number of hydrogen-bond donors (Lipinski definition) is 1. The van der Waals surface area contributed by atoms with E-state index in [0.29, 0.717) is 11.6 Å². The van der Waals surface area contributed by atoms with Crippen LogP contribution >= 0.6 is 0 Å². The maximum atomic E-state index is 13.7. The zero-order valence-electron chi connectivity index (χ0n) is 19.5. The van der Waals surface area contributed by atoms with Crippen LogP contribution in [0.3, 0.4) is 0 Å². The molecule has 1 heterocycles. The molecule has 1 aliphatic carbocycles. The van der Waals surface area contributed by atoms with Crippen molar-refractivity contribution >= 4 is 0 Å². The molecule has 1 atom stereocenters. The monoisotopic (exact) mass is 458 g/mol. The van der Waals surface area contributed by atoms with Gasteiger partial charge in [-0.3, -0.25) is 5.10 Å². The number of nitrogens with zero attached hydrogens (tertiary/aromatic N) is 3. The first-order chi connectivity index (χ1) is 16.4. The van der Waals surface area contributed by atoms with Gasteiger partial charge in [-0.05, 0) is 105 Å². The third-order valence-corrected chi connectivity index (χ3v) is 6.91. The minimum Gasteiger partial charge on any atom is -0.309 e. The Morgan fingerprint density at radius 1 is 0.912 bits per heavy atom. The average molecular weight is 459 g/mol. The van der Waals surface area contributed by atoms with Gasteiger partial charge < -0.3 is 4.90 Å².